The quantitative estimate of drug-likeness (QED) is 0.466. The van der Waals surface area contributed by atoms with E-state index in [0.717, 1.165) is 25.7 Å². The molecule has 0 aromatic carbocycles. The van der Waals surface area contributed by atoms with Gasteiger partial charge in [0.2, 0.25) is 0 Å². The van der Waals surface area contributed by atoms with Gasteiger partial charge in [0.25, 0.3) is 0 Å². The zero-order chi connectivity index (χ0) is 13.2. The van der Waals surface area contributed by atoms with Crippen LogP contribution in [0.25, 0.3) is 0 Å². The average molecular weight is 250 g/mol. The standard InChI is InChI=1S/C17H30O/c1-3-5-7-9-11-15-13-14-16(17(15)18)12-10-8-6-4-2/h11-12,17-18H,3-10,13-14H2,1-2H3/b15-11-,16-12+. The van der Waals surface area contributed by atoms with Gasteiger partial charge in [-0.15, -0.1) is 0 Å². The van der Waals surface area contributed by atoms with E-state index in [-0.39, 0.29) is 6.10 Å². The van der Waals surface area contributed by atoms with Crippen LogP contribution in [0.15, 0.2) is 23.3 Å². The third-order valence-corrected chi connectivity index (χ3v) is 3.83. The van der Waals surface area contributed by atoms with Crippen LogP contribution in [0.1, 0.15) is 78.1 Å². The van der Waals surface area contributed by atoms with Crippen LogP contribution in [0.4, 0.5) is 0 Å². The molecular formula is C17H30O. The molecule has 1 aliphatic rings. The predicted molar refractivity (Wildman–Crippen MR) is 79.7 cm³/mol. The summed E-state index contributed by atoms with van der Waals surface area (Å²) in [6.07, 6.45) is 16.4. The van der Waals surface area contributed by atoms with Gasteiger partial charge in [0.1, 0.15) is 0 Å². The molecule has 1 atom stereocenters. The van der Waals surface area contributed by atoms with Gasteiger partial charge in [0.15, 0.2) is 0 Å². The summed E-state index contributed by atoms with van der Waals surface area (Å²) in [5.74, 6) is 0. The molecule has 1 rings (SSSR count). The van der Waals surface area contributed by atoms with Crippen molar-refractivity contribution < 1.29 is 5.11 Å². The van der Waals surface area contributed by atoms with Gasteiger partial charge >= 0.3 is 0 Å². The highest BCUT2D eigenvalue weighted by Gasteiger charge is 2.22. The van der Waals surface area contributed by atoms with Crippen molar-refractivity contribution in [2.75, 3.05) is 0 Å². The fourth-order valence-corrected chi connectivity index (χ4v) is 2.59. The maximum Gasteiger partial charge on any atom is 0.0961 e. The van der Waals surface area contributed by atoms with Crippen LogP contribution in [-0.2, 0) is 0 Å². The van der Waals surface area contributed by atoms with Gasteiger partial charge in [0, 0.05) is 0 Å². The molecule has 1 fully saturated rings. The summed E-state index contributed by atoms with van der Waals surface area (Å²) >= 11 is 0. The highest BCUT2D eigenvalue weighted by Crippen LogP contribution is 2.31. The maximum atomic E-state index is 10.2. The number of unbranched alkanes of at least 4 members (excludes halogenated alkanes) is 6. The van der Waals surface area contributed by atoms with Gasteiger partial charge < -0.3 is 5.11 Å². The van der Waals surface area contributed by atoms with E-state index in [0.29, 0.717) is 0 Å². The van der Waals surface area contributed by atoms with Crippen molar-refractivity contribution in [3.05, 3.63) is 23.3 Å². The second kappa shape index (κ2) is 9.38. The number of hydrogen-bond donors (Lipinski definition) is 1. The number of allylic oxidation sites excluding steroid dienone is 2. The first-order chi connectivity index (χ1) is 8.79. The minimum atomic E-state index is -0.256. The Balaban J connectivity index is 2.33. The summed E-state index contributed by atoms with van der Waals surface area (Å²) in [5, 5.41) is 10.2. The summed E-state index contributed by atoms with van der Waals surface area (Å²) in [7, 11) is 0. The largest absolute Gasteiger partial charge is 0.384 e. The van der Waals surface area contributed by atoms with Gasteiger partial charge in [-0.25, -0.2) is 0 Å². The van der Waals surface area contributed by atoms with Crippen molar-refractivity contribution in [2.45, 2.75) is 84.2 Å². The molecule has 0 amide bonds. The smallest absolute Gasteiger partial charge is 0.0961 e. The van der Waals surface area contributed by atoms with Crippen LogP contribution in [0.2, 0.25) is 0 Å². The monoisotopic (exact) mass is 250 g/mol. The Bertz CT molecular complexity index is 247. The van der Waals surface area contributed by atoms with Crippen molar-refractivity contribution in [1.29, 1.82) is 0 Å². The zero-order valence-electron chi connectivity index (χ0n) is 12.3. The lowest BCUT2D eigenvalue weighted by Gasteiger charge is -2.07. The van der Waals surface area contributed by atoms with Gasteiger partial charge in [0.05, 0.1) is 6.10 Å². The highest BCUT2D eigenvalue weighted by molar-refractivity contribution is 5.30. The molecule has 0 saturated heterocycles. The zero-order valence-corrected chi connectivity index (χ0v) is 12.3. The minimum Gasteiger partial charge on any atom is -0.384 e. The molecule has 1 heteroatoms. The van der Waals surface area contributed by atoms with E-state index >= 15 is 0 Å². The van der Waals surface area contributed by atoms with Crippen LogP contribution < -0.4 is 0 Å². The summed E-state index contributed by atoms with van der Waals surface area (Å²) in [6, 6.07) is 0. The molecule has 104 valence electrons. The molecule has 1 nitrogen and oxygen atoms in total. The molecule has 0 spiro atoms. The molecule has 0 aromatic heterocycles. The fraction of sp³-hybridized carbons (Fsp3) is 0.765. The van der Waals surface area contributed by atoms with E-state index in [1.54, 1.807) is 0 Å². The number of rotatable bonds is 8. The molecule has 0 aromatic rings. The van der Waals surface area contributed by atoms with E-state index in [1.807, 2.05) is 0 Å². The molecule has 1 aliphatic carbocycles. The fourth-order valence-electron chi connectivity index (χ4n) is 2.59. The lowest BCUT2D eigenvalue weighted by atomic mass is 10.1. The van der Waals surface area contributed by atoms with Gasteiger partial charge in [-0.2, -0.15) is 0 Å². The average Bonchev–Trinajstić information content (AvgIpc) is 2.72. The Morgan fingerprint density at radius 2 is 1.33 bits per heavy atom. The lowest BCUT2D eigenvalue weighted by Crippen LogP contribution is -2.05. The minimum absolute atomic E-state index is 0.256. The molecule has 0 aliphatic heterocycles. The lowest BCUT2D eigenvalue weighted by molar-refractivity contribution is 0.254. The Morgan fingerprint density at radius 3 is 1.72 bits per heavy atom. The van der Waals surface area contributed by atoms with E-state index < -0.39 is 0 Å². The Labute approximate surface area is 113 Å². The molecular weight excluding hydrogens is 220 g/mol. The topological polar surface area (TPSA) is 20.2 Å². The molecule has 1 N–H and O–H groups in total. The first-order valence-electron chi connectivity index (χ1n) is 7.85. The summed E-state index contributed by atoms with van der Waals surface area (Å²) in [6.45, 7) is 4.46. The Kier molecular flexibility index (Phi) is 8.08. The van der Waals surface area contributed by atoms with Crippen LogP contribution in [0, 0.1) is 0 Å². The second-order valence-corrected chi connectivity index (χ2v) is 5.45. The third kappa shape index (κ3) is 5.39. The van der Waals surface area contributed by atoms with Crippen molar-refractivity contribution in [1.82, 2.24) is 0 Å². The number of aliphatic hydroxyl groups excluding tert-OH is 1. The maximum absolute atomic E-state index is 10.2. The molecule has 0 heterocycles. The highest BCUT2D eigenvalue weighted by atomic mass is 16.3. The first-order valence-corrected chi connectivity index (χ1v) is 7.85. The van der Waals surface area contributed by atoms with E-state index in [9.17, 15) is 5.11 Å². The summed E-state index contributed by atoms with van der Waals surface area (Å²) in [5.41, 5.74) is 2.54. The summed E-state index contributed by atoms with van der Waals surface area (Å²) in [4.78, 5) is 0. The first kappa shape index (κ1) is 15.5. The second-order valence-electron chi connectivity index (χ2n) is 5.45. The Hall–Kier alpha value is -0.560. The van der Waals surface area contributed by atoms with Gasteiger partial charge in [-0.05, 0) is 49.7 Å². The van der Waals surface area contributed by atoms with Crippen LogP contribution in [-0.4, -0.2) is 11.2 Å². The van der Waals surface area contributed by atoms with Crippen LogP contribution in [0.5, 0.6) is 0 Å². The Morgan fingerprint density at radius 1 is 0.889 bits per heavy atom. The normalized spacial score (nSPS) is 24.3. The van der Waals surface area contributed by atoms with Crippen molar-refractivity contribution in [2.24, 2.45) is 0 Å². The van der Waals surface area contributed by atoms with E-state index in [4.69, 9.17) is 0 Å². The molecule has 0 radical (unpaired) electrons. The third-order valence-electron chi connectivity index (χ3n) is 3.83. The molecule has 0 bridgehead atoms. The SMILES string of the molecule is CCCCC/C=C1/CC/C(=C\CCCCC)C1O. The predicted octanol–water partition coefficient (Wildman–Crippen LogP) is 5.15. The van der Waals surface area contributed by atoms with Crippen LogP contribution in [0.3, 0.4) is 0 Å². The van der Waals surface area contributed by atoms with Crippen molar-refractivity contribution in [3.8, 4) is 0 Å². The molecule has 1 saturated carbocycles. The molecule has 18 heavy (non-hydrogen) atoms. The van der Waals surface area contributed by atoms with E-state index in [2.05, 4.69) is 26.0 Å². The summed E-state index contributed by atoms with van der Waals surface area (Å²) < 4.78 is 0. The van der Waals surface area contributed by atoms with E-state index in [1.165, 1.54) is 49.7 Å². The van der Waals surface area contributed by atoms with Crippen LogP contribution >= 0.6 is 0 Å². The van der Waals surface area contributed by atoms with Gasteiger partial charge in [-0.1, -0.05) is 51.7 Å². The van der Waals surface area contributed by atoms with Crippen molar-refractivity contribution >= 4 is 0 Å². The van der Waals surface area contributed by atoms with Crippen molar-refractivity contribution in [3.63, 3.8) is 0 Å². The van der Waals surface area contributed by atoms with Gasteiger partial charge in [-0.3, -0.25) is 0 Å². The molecule has 1 unspecified atom stereocenters. The number of aliphatic hydroxyl groups is 1. The number of hydrogen-bond acceptors (Lipinski definition) is 1.